The molecule has 0 radical (unpaired) electrons. The van der Waals surface area contributed by atoms with E-state index < -0.39 is 0 Å². The van der Waals surface area contributed by atoms with Gasteiger partial charge in [0.15, 0.2) is 11.5 Å². The molecule has 0 saturated carbocycles. The lowest BCUT2D eigenvalue weighted by Crippen LogP contribution is -1.92. The van der Waals surface area contributed by atoms with E-state index in [0.29, 0.717) is 12.8 Å². The maximum absolute atomic E-state index is 10.8. The molecule has 0 aliphatic heterocycles. The summed E-state index contributed by atoms with van der Waals surface area (Å²) >= 11 is 0. The van der Waals surface area contributed by atoms with Gasteiger partial charge in [-0.2, -0.15) is 0 Å². The molecule has 5 heteroatoms. The van der Waals surface area contributed by atoms with Gasteiger partial charge in [0.05, 0.1) is 0 Å². The van der Waals surface area contributed by atoms with Crippen LogP contribution < -0.4 is 0 Å². The number of allylic oxidation sites excluding steroid dienone is 2. The normalized spacial score (nSPS) is 18.4. The summed E-state index contributed by atoms with van der Waals surface area (Å²) in [5, 5.41) is 22.1. The van der Waals surface area contributed by atoms with E-state index in [1.54, 1.807) is 0 Å². The van der Waals surface area contributed by atoms with Crippen LogP contribution in [0.25, 0.3) is 0 Å². The first-order valence-corrected chi connectivity index (χ1v) is 3.11. The zero-order chi connectivity index (χ0) is 8.27. The van der Waals surface area contributed by atoms with Crippen molar-refractivity contribution in [3.8, 4) is 0 Å². The molecule has 1 rings (SSSR count). The molecule has 5 nitrogen and oxygen atoms in total. The molecule has 0 unspecified atom stereocenters. The van der Waals surface area contributed by atoms with Crippen molar-refractivity contribution in [3.63, 3.8) is 0 Å². The van der Waals surface area contributed by atoms with Crippen LogP contribution in [0.4, 0.5) is 0 Å². The van der Waals surface area contributed by atoms with E-state index in [9.17, 15) is 4.79 Å². The number of nitrogens with zero attached hydrogens (tertiary/aromatic N) is 2. The zero-order valence-corrected chi connectivity index (χ0v) is 5.74. The number of aliphatic hydroxyl groups is 1. The Bertz CT molecular complexity index is 255. The van der Waals surface area contributed by atoms with Gasteiger partial charge < -0.3 is 5.11 Å². The molecule has 1 aliphatic rings. The van der Waals surface area contributed by atoms with Gasteiger partial charge in [0.1, 0.15) is 12.1 Å². The highest BCUT2D eigenvalue weighted by Crippen LogP contribution is 2.21. The molecule has 0 aromatic carbocycles. The number of carbonyl (C=O) groups excluding carboxylic acids is 1. The quantitative estimate of drug-likeness (QED) is 0.354. The van der Waals surface area contributed by atoms with Crippen LogP contribution in [0.1, 0.15) is 12.8 Å². The van der Waals surface area contributed by atoms with Crippen molar-refractivity contribution in [1.29, 1.82) is 5.41 Å². The lowest BCUT2D eigenvalue weighted by atomic mass is 10.3. The molecule has 0 fully saturated rings. The highest BCUT2D eigenvalue weighted by molar-refractivity contribution is 5.97. The van der Waals surface area contributed by atoms with E-state index >= 15 is 0 Å². The first-order chi connectivity index (χ1) is 5.25. The van der Waals surface area contributed by atoms with Gasteiger partial charge in [-0.05, 0) is 0 Å². The molecule has 0 spiro atoms. The number of hydrogen-bond donors (Lipinski definition) is 2. The number of ketones is 1. The molecular formula is C6H7N3O2. The minimum absolute atomic E-state index is 0.00602. The molecule has 58 valence electrons. The molecule has 0 bridgehead atoms. The number of aliphatic hydroxyl groups excluding tert-OH is 1. The van der Waals surface area contributed by atoms with Crippen molar-refractivity contribution >= 4 is 12.1 Å². The van der Waals surface area contributed by atoms with Gasteiger partial charge >= 0.3 is 0 Å². The lowest BCUT2D eigenvalue weighted by Gasteiger charge is -1.87. The third kappa shape index (κ3) is 1.49. The van der Waals surface area contributed by atoms with Gasteiger partial charge in [0.2, 0.25) is 0 Å². The Balaban J connectivity index is 2.83. The van der Waals surface area contributed by atoms with E-state index in [-0.39, 0.29) is 23.7 Å². The Morgan fingerprint density at radius 1 is 1.55 bits per heavy atom. The summed E-state index contributed by atoms with van der Waals surface area (Å²) < 4.78 is 0. The predicted molar refractivity (Wildman–Crippen MR) is 37.5 cm³/mol. The van der Waals surface area contributed by atoms with E-state index in [1.165, 1.54) is 0 Å². The van der Waals surface area contributed by atoms with Gasteiger partial charge in [-0.25, -0.2) is 0 Å². The Morgan fingerprint density at radius 3 is 2.73 bits per heavy atom. The lowest BCUT2D eigenvalue weighted by molar-refractivity contribution is -0.114. The Kier molecular flexibility index (Phi) is 2.10. The van der Waals surface area contributed by atoms with Gasteiger partial charge in [0, 0.05) is 12.8 Å². The van der Waals surface area contributed by atoms with Crippen LogP contribution in [0.2, 0.25) is 0 Å². The minimum atomic E-state index is -0.215. The summed E-state index contributed by atoms with van der Waals surface area (Å²) in [5.74, 6) is -0.242. The van der Waals surface area contributed by atoms with E-state index in [0.717, 1.165) is 0 Å². The van der Waals surface area contributed by atoms with E-state index in [4.69, 9.17) is 10.5 Å². The van der Waals surface area contributed by atoms with Crippen molar-refractivity contribution in [2.75, 3.05) is 0 Å². The smallest absolute Gasteiger partial charge is 0.186 e. The van der Waals surface area contributed by atoms with Gasteiger partial charge in [0.25, 0.3) is 0 Å². The molecule has 0 saturated heterocycles. The fraction of sp³-hybridized carbons (Fsp3) is 0.333. The number of nitrogens with one attached hydrogen (secondary N) is 1. The maximum Gasteiger partial charge on any atom is 0.186 e. The average Bonchev–Trinajstić information content (AvgIpc) is 2.29. The van der Waals surface area contributed by atoms with Crippen molar-refractivity contribution < 1.29 is 9.90 Å². The van der Waals surface area contributed by atoms with Crippen molar-refractivity contribution in [3.05, 3.63) is 11.5 Å². The van der Waals surface area contributed by atoms with Crippen LogP contribution in [0.15, 0.2) is 21.7 Å². The summed E-state index contributed by atoms with van der Waals surface area (Å²) in [7, 11) is 0. The zero-order valence-electron chi connectivity index (χ0n) is 5.74. The second-order valence-corrected chi connectivity index (χ2v) is 2.06. The van der Waals surface area contributed by atoms with Crippen molar-refractivity contribution in [2.24, 2.45) is 10.2 Å². The maximum atomic E-state index is 10.8. The molecule has 0 amide bonds. The van der Waals surface area contributed by atoms with Crippen molar-refractivity contribution in [2.45, 2.75) is 12.8 Å². The Morgan fingerprint density at radius 2 is 2.27 bits per heavy atom. The number of Topliss-reactive ketones (excluding diaryl/α,β-unsaturated/α-hetero) is 1. The predicted octanol–water partition coefficient (Wildman–Crippen LogP) is 1.18. The van der Waals surface area contributed by atoms with Crippen LogP contribution in [0.3, 0.4) is 0 Å². The third-order valence-electron chi connectivity index (χ3n) is 1.34. The number of azo groups is 1. The Labute approximate surface area is 63.0 Å². The van der Waals surface area contributed by atoms with Crippen LogP contribution in [-0.4, -0.2) is 17.2 Å². The number of carbonyl (C=O) groups is 1. The molecule has 1 aliphatic carbocycles. The monoisotopic (exact) mass is 153 g/mol. The third-order valence-corrected chi connectivity index (χ3v) is 1.34. The largest absolute Gasteiger partial charge is 0.510 e. The molecule has 0 aromatic heterocycles. The molecule has 2 N–H and O–H groups in total. The summed E-state index contributed by atoms with van der Waals surface area (Å²) in [4.78, 5) is 10.8. The highest BCUT2D eigenvalue weighted by atomic mass is 16.3. The van der Waals surface area contributed by atoms with Crippen molar-refractivity contribution in [1.82, 2.24) is 0 Å². The van der Waals surface area contributed by atoms with E-state index in [1.807, 2.05) is 0 Å². The molecule has 0 heterocycles. The van der Waals surface area contributed by atoms with Gasteiger partial charge in [-0.3, -0.25) is 10.2 Å². The van der Waals surface area contributed by atoms with Gasteiger partial charge in [-0.15, -0.1) is 10.2 Å². The topological polar surface area (TPSA) is 85.9 Å². The first-order valence-electron chi connectivity index (χ1n) is 3.11. The second kappa shape index (κ2) is 3.05. The highest BCUT2D eigenvalue weighted by Gasteiger charge is 2.22. The first kappa shape index (κ1) is 7.59. The average molecular weight is 153 g/mol. The fourth-order valence-electron chi connectivity index (χ4n) is 0.830. The summed E-state index contributed by atoms with van der Waals surface area (Å²) in [6, 6.07) is 0. The summed E-state index contributed by atoms with van der Waals surface area (Å²) in [6.07, 6.45) is 1.34. The SMILES string of the molecule is N=CN=NC1=C(O)CCC1=O. The van der Waals surface area contributed by atoms with E-state index in [2.05, 4.69) is 10.2 Å². The molecule has 0 aromatic rings. The molecule has 11 heavy (non-hydrogen) atoms. The minimum Gasteiger partial charge on any atom is -0.510 e. The second-order valence-electron chi connectivity index (χ2n) is 2.06. The van der Waals surface area contributed by atoms with Crippen LogP contribution >= 0.6 is 0 Å². The molecular weight excluding hydrogens is 146 g/mol. The van der Waals surface area contributed by atoms with Gasteiger partial charge in [-0.1, -0.05) is 0 Å². The fourth-order valence-corrected chi connectivity index (χ4v) is 0.830. The number of rotatable bonds is 2. The standard InChI is InChI=1S/C6H7N3O2/c7-3-8-9-6-4(10)1-2-5(6)11/h3,7,10H,1-2H2. The molecule has 0 atom stereocenters. The van der Waals surface area contributed by atoms with Crippen LogP contribution in [0.5, 0.6) is 0 Å². The van der Waals surface area contributed by atoms with Crippen LogP contribution in [0, 0.1) is 5.41 Å². The summed E-state index contributed by atoms with van der Waals surface area (Å²) in [5.41, 5.74) is -0.00602. The number of hydrogen-bond acceptors (Lipinski definition) is 4. The summed E-state index contributed by atoms with van der Waals surface area (Å²) in [6.45, 7) is 0. The van der Waals surface area contributed by atoms with Crippen LogP contribution in [-0.2, 0) is 4.79 Å². The Hall–Kier alpha value is -1.52.